The highest BCUT2D eigenvalue weighted by atomic mass is 35.5. The van der Waals surface area contributed by atoms with Gasteiger partial charge in [0.25, 0.3) is 0 Å². The number of hydrogen-bond donors (Lipinski definition) is 2. The average molecular weight is 234 g/mol. The van der Waals surface area contributed by atoms with Crippen molar-refractivity contribution in [1.29, 1.82) is 0 Å². The molecule has 0 heterocycles. The summed E-state index contributed by atoms with van der Waals surface area (Å²) < 4.78 is 12.7. The maximum atomic E-state index is 12.7. The van der Waals surface area contributed by atoms with Crippen molar-refractivity contribution >= 4 is 11.6 Å². The predicted molar refractivity (Wildman–Crippen MR) is 61.5 cm³/mol. The van der Waals surface area contributed by atoms with Gasteiger partial charge in [-0.05, 0) is 17.7 Å². The van der Waals surface area contributed by atoms with Crippen LogP contribution in [-0.2, 0) is 6.54 Å². The lowest BCUT2D eigenvalue weighted by atomic mass is 10.2. The molecular weight excluding hydrogens is 217 g/mol. The maximum Gasteiger partial charge on any atom is 0.141 e. The van der Waals surface area contributed by atoms with Crippen LogP contribution in [0.25, 0.3) is 0 Å². The Morgan fingerprint density at radius 3 is 2.47 bits per heavy atom. The number of rotatable bonds is 3. The number of hydrogen-bond acceptors (Lipinski definition) is 2. The first-order valence-corrected chi connectivity index (χ1v) is 5.09. The molecule has 1 rings (SSSR count). The summed E-state index contributed by atoms with van der Waals surface area (Å²) in [6.07, 6.45) is 0. The van der Waals surface area contributed by atoms with Crippen LogP contribution in [-0.4, -0.2) is 18.3 Å². The second-order valence-electron chi connectivity index (χ2n) is 3.28. The van der Waals surface area contributed by atoms with Gasteiger partial charge in [0.2, 0.25) is 0 Å². The first-order valence-electron chi connectivity index (χ1n) is 4.71. The van der Waals surface area contributed by atoms with Gasteiger partial charge in [-0.25, -0.2) is 4.39 Å². The van der Waals surface area contributed by atoms with Gasteiger partial charge in [0.15, 0.2) is 0 Å². The van der Waals surface area contributed by atoms with E-state index in [2.05, 4.69) is 19.2 Å². The predicted octanol–water partition coefficient (Wildman–Crippen LogP) is 2.59. The Labute approximate surface area is 95.1 Å². The van der Waals surface area contributed by atoms with E-state index in [0.29, 0.717) is 6.04 Å². The summed E-state index contributed by atoms with van der Waals surface area (Å²) in [4.78, 5) is 0. The van der Waals surface area contributed by atoms with Crippen LogP contribution < -0.4 is 5.32 Å². The van der Waals surface area contributed by atoms with Crippen LogP contribution in [0, 0.1) is 5.82 Å². The summed E-state index contributed by atoms with van der Waals surface area (Å²) in [5, 5.41) is 10.4. The molecule has 0 aliphatic carbocycles. The van der Waals surface area contributed by atoms with Crippen LogP contribution in [0.15, 0.2) is 18.2 Å². The largest absolute Gasteiger partial charge is 0.400 e. The molecule has 0 atom stereocenters. The van der Waals surface area contributed by atoms with Gasteiger partial charge in [-0.1, -0.05) is 31.5 Å². The minimum atomic E-state index is -0.366. The summed E-state index contributed by atoms with van der Waals surface area (Å²) >= 11 is 5.63. The molecule has 0 radical (unpaired) electrons. The fourth-order valence-electron chi connectivity index (χ4n) is 0.972. The van der Waals surface area contributed by atoms with Gasteiger partial charge in [-0.2, -0.15) is 0 Å². The zero-order chi connectivity index (χ0) is 11.8. The molecule has 2 N–H and O–H groups in total. The molecule has 0 unspecified atom stereocenters. The third kappa shape index (κ3) is 5.72. The Morgan fingerprint density at radius 2 is 2.00 bits per heavy atom. The summed E-state index contributed by atoms with van der Waals surface area (Å²) in [5.74, 6) is -0.366. The molecule has 0 aliphatic heterocycles. The number of benzene rings is 1. The van der Waals surface area contributed by atoms with E-state index in [-0.39, 0.29) is 10.8 Å². The Balaban J connectivity index is 0.000000921. The lowest BCUT2D eigenvalue weighted by molar-refractivity contribution is 0.399. The molecular formula is C11H17ClFNO. The summed E-state index contributed by atoms with van der Waals surface area (Å²) in [5.41, 5.74) is 1.00. The van der Waals surface area contributed by atoms with Crippen molar-refractivity contribution in [2.24, 2.45) is 0 Å². The van der Waals surface area contributed by atoms with Crippen molar-refractivity contribution in [2.75, 3.05) is 7.11 Å². The summed E-state index contributed by atoms with van der Waals surface area (Å²) in [6, 6.07) is 5.19. The lowest BCUT2D eigenvalue weighted by Gasteiger charge is -2.08. The van der Waals surface area contributed by atoms with Crippen LogP contribution in [0.4, 0.5) is 4.39 Å². The monoisotopic (exact) mass is 233 g/mol. The summed E-state index contributed by atoms with van der Waals surface area (Å²) in [7, 11) is 1.00. The highest BCUT2D eigenvalue weighted by molar-refractivity contribution is 6.30. The molecule has 0 fully saturated rings. The van der Waals surface area contributed by atoms with Gasteiger partial charge < -0.3 is 10.4 Å². The highest BCUT2D eigenvalue weighted by Crippen LogP contribution is 2.15. The van der Waals surface area contributed by atoms with Gasteiger partial charge in [-0.3, -0.25) is 0 Å². The van der Waals surface area contributed by atoms with Crippen molar-refractivity contribution in [3.05, 3.63) is 34.6 Å². The van der Waals surface area contributed by atoms with Crippen LogP contribution in [0.2, 0.25) is 5.02 Å². The van der Waals surface area contributed by atoms with E-state index < -0.39 is 0 Å². The number of halogens is 2. The van der Waals surface area contributed by atoms with Crippen LogP contribution in [0.1, 0.15) is 19.4 Å². The second kappa shape index (κ2) is 7.63. The first kappa shape index (κ1) is 14.4. The van der Waals surface area contributed by atoms with Crippen molar-refractivity contribution in [3.63, 3.8) is 0 Å². The molecule has 0 aromatic heterocycles. The number of aliphatic hydroxyl groups excluding tert-OH is 1. The van der Waals surface area contributed by atoms with Gasteiger partial charge in [0.1, 0.15) is 5.82 Å². The number of aliphatic hydroxyl groups is 1. The maximum absolute atomic E-state index is 12.7. The zero-order valence-electron chi connectivity index (χ0n) is 9.22. The van der Waals surface area contributed by atoms with E-state index in [1.165, 1.54) is 6.07 Å². The molecule has 0 amide bonds. The minimum Gasteiger partial charge on any atom is -0.400 e. The minimum absolute atomic E-state index is 0.183. The van der Waals surface area contributed by atoms with E-state index in [4.69, 9.17) is 16.7 Å². The first-order chi connectivity index (χ1) is 7.09. The Kier molecular flexibility index (Phi) is 7.30. The van der Waals surface area contributed by atoms with Gasteiger partial charge in [0, 0.05) is 19.7 Å². The molecule has 1 aromatic carbocycles. The Bertz CT molecular complexity index is 292. The van der Waals surface area contributed by atoms with Crippen molar-refractivity contribution in [3.8, 4) is 0 Å². The topological polar surface area (TPSA) is 32.3 Å². The molecule has 4 heteroatoms. The molecule has 2 nitrogen and oxygen atoms in total. The average Bonchev–Trinajstić information content (AvgIpc) is 2.23. The molecule has 0 aliphatic rings. The third-order valence-corrected chi connectivity index (χ3v) is 1.99. The van der Waals surface area contributed by atoms with Crippen LogP contribution in [0.5, 0.6) is 0 Å². The number of nitrogens with one attached hydrogen (secondary N) is 1. The van der Waals surface area contributed by atoms with E-state index in [0.717, 1.165) is 19.2 Å². The van der Waals surface area contributed by atoms with Gasteiger partial charge in [0.05, 0.1) is 5.02 Å². The van der Waals surface area contributed by atoms with E-state index >= 15 is 0 Å². The van der Waals surface area contributed by atoms with E-state index in [1.807, 2.05) is 0 Å². The van der Waals surface area contributed by atoms with Crippen molar-refractivity contribution in [2.45, 2.75) is 26.4 Å². The molecule has 0 spiro atoms. The molecule has 15 heavy (non-hydrogen) atoms. The molecule has 0 saturated heterocycles. The second-order valence-corrected chi connectivity index (χ2v) is 3.69. The normalized spacial score (nSPS) is 9.80. The zero-order valence-corrected chi connectivity index (χ0v) is 9.98. The fourth-order valence-corrected chi connectivity index (χ4v) is 1.17. The van der Waals surface area contributed by atoms with Crippen molar-refractivity contribution < 1.29 is 9.50 Å². The fraction of sp³-hybridized carbons (Fsp3) is 0.455. The third-order valence-electron chi connectivity index (χ3n) is 1.70. The smallest absolute Gasteiger partial charge is 0.141 e. The summed E-state index contributed by atoms with van der Waals surface area (Å²) in [6.45, 7) is 4.84. The van der Waals surface area contributed by atoms with Crippen LogP contribution >= 0.6 is 11.6 Å². The van der Waals surface area contributed by atoms with Crippen molar-refractivity contribution in [1.82, 2.24) is 5.32 Å². The Morgan fingerprint density at radius 1 is 1.40 bits per heavy atom. The highest BCUT2D eigenvalue weighted by Gasteiger charge is 2.00. The van der Waals surface area contributed by atoms with Gasteiger partial charge in [-0.15, -0.1) is 0 Å². The molecule has 1 aromatic rings. The molecule has 0 saturated carbocycles. The lowest BCUT2D eigenvalue weighted by Crippen LogP contribution is -2.21. The SMILES string of the molecule is CC(C)NCc1ccc(F)c(Cl)c1.CO. The standard InChI is InChI=1S/C10H13ClFN.CH4O/c1-7(2)13-6-8-3-4-10(12)9(11)5-8;1-2/h3-5,7,13H,6H2,1-2H3;2H,1H3. The van der Waals surface area contributed by atoms with Gasteiger partial charge >= 0.3 is 0 Å². The van der Waals surface area contributed by atoms with E-state index in [1.54, 1.807) is 12.1 Å². The molecule has 86 valence electrons. The quantitative estimate of drug-likeness (QED) is 0.841. The molecule has 0 bridgehead atoms. The van der Waals surface area contributed by atoms with Crippen LogP contribution in [0.3, 0.4) is 0 Å². The Hall–Kier alpha value is -0.640. The van der Waals surface area contributed by atoms with E-state index in [9.17, 15) is 4.39 Å².